The molecule has 13 rings (SSSR count). The average molecular weight is 779 g/mol. The van der Waals surface area contributed by atoms with Gasteiger partial charge < -0.3 is 8.98 Å². The van der Waals surface area contributed by atoms with Gasteiger partial charge >= 0.3 is 0 Å². The van der Waals surface area contributed by atoms with Gasteiger partial charge in [0.05, 0.1) is 33.3 Å². The predicted octanol–water partition coefficient (Wildman–Crippen LogP) is 14.7. The van der Waals surface area contributed by atoms with Crippen molar-refractivity contribution in [1.82, 2.24) is 19.1 Å². The molecule has 284 valence electrons. The van der Waals surface area contributed by atoms with Gasteiger partial charge in [-0.1, -0.05) is 158 Å². The molecule has 4 heterocycles. The Morgan fingerprint density at radius 1 is 0.328 bits per heavy atom. The Balaban J connectivity index is 1.13. The molecule has 0 saturated carbocycles. The molecule has 0 aliphatic heterocycles. The van der Waals surface area contributed by atoms with Gasteiger partial charge in [-0.25, -0.2) is 9.97 Å². The Labute approximate surface area is 350 Å². The summed E-state index contributed by atoms with van der Waals surface area (Å²) in [7, 11) is 0. The van der Waals surface area contributed by atoms with Gasteiger partial charge in [0, 0.05) is 49.0 Å². The highest BCUT2D eigenvalue weighted by atomic mass is 16.3. The van der Waals surface area contributed by atoms with Crippen LogP contribution in [0.15, 0.2) is 211 Å². The van der Waals surface area contributed by atoms with Crippen LogP contribution in [0, 0.1) is 0 Å². The fourth-order valence-electron chi connectivity index (χ4n) is 9.62. The Hall–Kier alpha value is -8.28. The Morgan fingerprint density at radius 3 is 1.66 bits per heavy atom. The second kappa shape index (κ2) is 13.1. The lowest BCUT2D eigenvalue weighted by atomic mass is 10.0. The van der Waals surface area contributed by atoms with Gasteiger partial charge in [-0.05, 0) is 70.8 Å². The summed E-state index contributed by atoms with van der Waals surface area (Å²) < 4.78 is 11.2. The Morgan fingerprint density at radius 2 is 0.902 bits per heavy atom. The normalized spacial score (nSPS) is 11.9. The molecule has 5 heteroatoms. The molecule has 0 radical (unpaired) electrons. The van der Waals surface area contributed by atoms with E-state index >= 15 is 0 Å². The van der Waals surface area contributed by atoms with Crippen LogP contribution in [-0.2, 0) is 0 Å². The maximum Gasteiger partial charge on any atom is 0.235 e. The standard InChI is InChI=1S/C56H34N4O/c1-3-13-35(14-4-1)37-23-25-39(26-24-37)54-41-17-7-10-20-45(41)57-56(58-54)60-47-33-34-50-53(43-19-9-12-22-49(43)61-50)51(47)44-31-32-48-52(55(44)60)42-18-8-11-21-46(42)59(48)40-29-27-38(28-30-40)36-15-5-2-6-16-36/h1-34H. The minimum atomic E-state index is 0.615. The summed E-state index contributed by atoms with van der Waals surface area (Å²) in [6.07, 6.45) is 0. The van der Waals surface area contributed by atoms with Gasteiger partial charge in [0.25, 0.3) is 0 Å². The van der Waals surface area contributed by atoms with Crippen molar-refractivity contribution < 1.29 is 4.42 Å². The first kappa shape index (κ1) is 33.7. The number of aromatic nitrogens is 4. The predicted molar refractivity (Wildman–Crippen MR) is 252 cm³/mol. The van der Waals surface area contributed by atoms with Crippen LogP contribution in [0.3, 0.4) is 0 Å². The quantitative estimate of drug-likeness (QED) is 0.175. The lowest BCUT2D eigenvalue weighted by Crippen LogP contribution is -2.03. The van der Waals surface area contributed by atoms with Crippen molar-refractivity contribution in [2.45, 2.75) is 0 Å². The number of nitrogens with zero attached hydrogens (tertiary/aromatic N) is 4. The molecule has 0 amide bonds. The maximum atomic E-state index is 6.52. The third-order valence-electron chi connectivity index (χ3n) is 12.4. The van der Waals surface area contributed by atoms with Crippen molar-refractivity contribution in [1.29, 1.82) is 0 Å². The minimum Gasteiger partial charge on any atom is -0.456 e. The lowest BCUT2D eigenvalue weighted by molar-refractivity contribution is 0.669. The lowest BCUT2D eigenvalue weighted by Gasteiger charge is -2.13. The van der Waals surface area contributed by atoms with E-state index in [1.165, 1.54) is 16.7 Å². The Bertz CT molecular complexity index is 3840. The molecular weight excluding hydrogens is 745 g/mol. The topological polar surface area (TPSA) is 48.8 Å². The summed E-state index contributed by atoms with van der Waals surface area (Å²) in [5.41, 5.74) is 14.7. The van der Waals surface area contributed by atoms with Crippen molar-refractivity contribution in [2.24, 2.45) is 0 Å². The summed E-state index contributed by atoms with van der Waals surface area (Å²) in [5.74, 6) is 0.615. The van der Waals surface area contributed by atoms with E-state index in [0.717, 1.165) is 99.0 Å². The second-order valence-corrected chi connectivity index (χ2v) is 15.7. The molecule has 4 aromatic heterocycles. The van der Waals surface area contributed by atoms with E-state index in [2.05, 4.69) is 209 Å². The van der Waals surface area contributed by atoms with Crippen molar-refractivity contribution in [3.05, 3.63) is 206 Å². The SMILES string of the molecule is c1ccc(-c2ccc(-c3nc(-n4c5ccc6oc7ccccc7c6c5c5ccc6c(c7ccccc7n6-c6ccc(-c7ccccc7)cc6)c54)nc4ccccc34)cc2)cc1. The van der Waals surface area contributed by atoms with Crippen molar-refractivity contribution in [3.63, 3.8) is 0 Å². The van der Waals surface area contributed by atoms with Gasteiger partial charge in [0.2, 0.25) is 5.95 Å². The number of para-hydroxylation sites is 3. The summed E-state index contributed by atoms with van der Waals surface area (Å²) in [6, 6.07) is 73.0. The van der Waals surface area contributed by atoms with E-state index in [-0.39, 0.29) is 0 Å². The van der Waals surface area contributed by atoms with Crippen molar-refractivity contribution in [2.75, 3.05) is 0 Å². The smallest absolute Gasteiger partial charge is 0.235 e. The number of furan rings is 1. The molecular formula is C56H34N4O. The third-order valence-corrected chi connectivity index (χ3v) is 12.4. The minimum absolute atomic E-state index is 0.615. The number of hydrogen-bond donors (Lipinski definition) is 0. The number of hydrogen-bond acceptors (Lipinski definition) is 3. The highest BCUT2D eigenvalue weighted by Crippen LogP contribution is 2.46. The number of rotatable bonds is 5. The van der Waals surface area contributed by atoms with E-state index in [9.17, 15) is 0 Å². The van der Waals surface area contributed by atoms with Crippen LogP contribution in [-0.4, -0.2) is 19.1 Å². The van der Waals surface area contributed by atoms with Crippen molar-refractivity contribution in [3.8, 4) is 45.1 Å². The van der Waals surface area contributed by atoms with Gasteiger partial charge in [-0.2, -0.15) is 0 Å². The van der Waals surface area contributed by atoms with E-state index < -0.39 is 0 Å². The van der Waals surface area contributed by atoms with Crippen LogP contribution in [0.5, 0.6) is 0 Å². The molecule has 0 fully saturated rings. The zero-order valence-electron chi connectivity index (χ0n) is 32.8. The van der Waals surface area contributed by atoms with Crippen LogP contribution in [0.25, 0.3) is 122 Å². The summed E-state index contributed by atoms with van der Waals surface area (Å²) in [4.78, 5) is 11.0. The first-order chi connectivity index (χ1) is 30.3. The highest BCUT2D eigenvalue weighted by Gasteiger charge is 2.25. The molecule has 0 atom stereocenters. The summed E-state index contributed by atoms with van der Waals surface area (Å²) >= 11 is 0. The summed E-state index contributed by atoms with van der Waals surface area (Å²) in [6.45, 7) is 0. The first-order valence-electron chi connectivity index (χ1n) is 20.7. The molecule has 13 aromatic rings. The van der Waals surface area contributed by atoms with Gasteiger partial charge in [-0.15, -0.1) is 0 Å². The molecule has 0 bridgehead atoms. The third kappa shape index (κ3) is 5.08. The zero-order chi connectivity index (χ0) is 40.0. The summed E-state index contributed by atoms with van der Waals surface area (Å²) in [5, 5.41) is 7.72. The van der Waals surface area contributed by atoms with Gasteiger partial charge in [0.1, 0.15) is 11.2 Å². The van der Waals surface area contributed by atoms with E-state index in [1.807, 2.05) is 6.07 Å². The van der Waals surface area contributed by atoms with Crippen LogP contribution >= 0.6 is 0 Å². The molecule has 0 aliphatic rings. The van der Waals surface area contributed by atoms with Crippen LogP contribution in [0.4, 0.5) is 0 Å². The van der Waals surface area contributed by atoms with E-state index in [0.29, 0.717) is 5.95 Å². The molecule has 5 nitrogen and oxygen atoms in total. The molecule has 0 aliphatic carbocycles. The number of benzene rings is 9. The van der Waals surface area contributed by atoms with Gasteiger partial charge in [-0.3, -0.25) is 4.57 Å². The molecule has 0 spiro atoms. The van der Waals surface area contributed by atoms with Crippen LogP contribution in [0.1, 0.15) is 0 Å². The van der Waals surface area contributed by atoms with Crippen LogP contribution < -0.4 is 0 Å². The molecule has 9 aromatic carbocycles. The van der Waals surface area contributed by atoms with E-state index in [4.69, 9.17) is 14.4 Å². The zero-order valence-corrected chi connectivity index (χ0v) is 32.8. The first-order valence-corrected chi connectivity index (χ1v) is 20.7. The monoisotopic (exact) mass is 778 g/mol. The second-order valence-electron chi connectivity index (χ2n) is 15.7. The van der Waals surface area contributed by atoms with Gasteiger partial charge in [0.15, 0.2) is 0 Å². The fraction of sp³-hybridized carbons (Fsp3) is 0. The average Bonchev–Trinajstić information content (AvgIpc) is 3.99. The number of fused-ring (bicyclic) bond motifs is 12. The fourth-order valence-corrected chi connectivity index (χ4v) is 9.62. The largest absolute Gasteiger partial charge is 0.456 e. The molecule has 61 heavy (non-hydrogen) atoms. The highest BCUT2D eigenvalue weighted by molar-refractivity contribution is 6.32. The molecule has 0 N–H and O–H groups in total. The van der Waals surface area contributed by atoms with Crippen LogP contribution in [0.2, 0.25) is 0 Å². The maximum absolute atomic E-state index is 6.52. The molecule has 0 unspecified atom stereocenters. The van der Waals surface area contributed by atoms with Crippen molar-refractivity contribution >= 4 is 76.5 Å². The van der Waals surface area contributed by atoms with E-state index in [1.54, 1.807) is 0 Å². The molecule has 0 saturated heterocycles. The Kier molecular flexibility index (Phi) is 7.24.